The highest BCUT2D eigenvalue weighted by molar-refractivity contribution is 6.67. The number of hydrogen-bond acceptors (Lipinski definition) is 2. The van der Waals surface area contributed by atoms with Crippen LogP contribution in [0.25, 0.3) is 0 Å². The molecule has 0 spiro atoms. The molecule has 2 nitrogen and oxygen atoms in total. The molecule has 1 aromatic rings. The fraction of sp³-hybridized carbons (Fsp3) is 0.100. The third kappa shape index (κ3) is 1.45. The van der Waals surface area contributed by atoms with Gasteiger partial charge in [-0.2, -0.15) is 0 Å². The van der Waals surface area contributed by atoms with Gasteiger partial charge in [-0.25, -0.2) is 4.99 Å². The molecule has 13 heavy (non-hydrogen) atoms. The molecule has 0 amide bonds. The van der Waals surface area contributed by atoms with Crippen LogP contribution >= 0.6 is 11.6 Å². The Morgan fingerprint density at radius 1 is 1.46 bits per heavy atom. The maximum atomic E-state index is 5.81. The molecule has 1 aliphatic heterocycles. The van der Waals surface area contributed by atoms with Gasteiger partial charge in [0.05, 0.1) is 6.04 Å². The maximum absolute atomic E-state index is 5.81. The normalized spacial score (nSPS) is 19.8. The third-order valence-electron chi connectivity index (χ3n) is 1.99. The van der Waals surface area contributed by atoms with E-state index in [2.05, 4.69) is 16.9 Å². The van der Waals surface area contributed by atoms with Crippen molar-refractivity contribution in [1.82, 2.24) is 0 Å². The van der Waals surface area contributed by atoms with E-state index in [1.54, 1.807) is 6.08 Å². The van der Waals surface area contributed by atoms with Crippen molar-refractivity contribution in [1.29, 1.82) is 0 Å². The molecule has 0 fully saturated rings. The summed E-state index contributed by atoms with van der Waals surface area (Å²) >= 11 is 5.81. The second kappa shape index (κ2) is 3.23. The van der Waals surface area contributed by atoms with Crippen LogP contribution in [0.5, 0.6) is 0 Å². The zero-order valence-corrected chi connectivity index (χ0v) is 7.75. The molecule has 0 aliphatic carbocycles. The molecule has 0 saturated carbocycles. The summed E-state index contributed by atoms with van der Waals surface area (Å²) in [7, 11) is 0. The van der Waals surface area contributed by atoms with Crippen LogP contribution in [0, 0.1) is 0 Å². The number of fused-ring (bicyclic) bond motifs is 1. The summed E-state index contributed by atoms with van der Waals surface area (Å²) in [4.78, 5) is 4.19. The van der Waals surface area contributed by atoms with Crippen LogP contribution in [0.2, 0.25) is 0 Å². The minimum absolute atomic E-state index is 0.0232. The molecule has 0 saturated heterocycles. The Hall–Kier alpha value is -1.28. The molecule has 1 aliphatic rings. The van der Waals surface area contributed by atoms with Gasteiger partial charge in [-0.1, -0.05) is 24.3 Å². The molecule has 1 unspecified atom stereocenters. The Kier molecular flexibility index (Phi) is 2.07. The highest BCUT2D eigenvalue weighted by atomic mass is 35.5. The molecule has 0 bridgehead atoms. The van der Waals surface area contributed by atoms with E-state index in [4.69, 9.17) is 11.6 Å². The zero-order chi connectivity index (χ0) is 9.26. The molecule has 0 aromatic heterocycles. The summed E-state index contributed by atoms with van der Waals surface area (Å²) in [5, 5.41) is 3.41. The van der Waals surface area contributed by atoms with E-state index < -0.39 is 0 Å². The van der Waals surface area contributed by atoms with Crippen LogP contribution in [0.1, 0.15) is 11.6 Å². The lowest BCUT2D eigenvalue weighted by Gasteiger charge is -2.19. The number of para-hydroxylation sites is 1. The van der Waals surface area contributed by atoms with Crippen LogP contribution in [0.15, 0.2) is 41.9 Å². The highest BCUT2D eigenvalue weighted by Crippen LogP contribution is 2.30. The molecular weight excluding hydrogens is 184 g/mol. The SMILES string of the molecule is C=CC1N=C(Cl)Nc2ccccc21. The van der Waals surface area contributed by atoms with Gasteiger partial charge in [0.25, 0.3) is 0 Å². The Bertz CT molecular complexity index is 371. The van der Waals surface area contributed by atoms with Gasteiger partial charge < -0.3 is 5.32 Å². The second-order valence-corrected chi connectivity index (χ2v) is 3.17. The van der Waals surface area contributed by atoms with Crippen LogP contribution < -0.4 is 5.32 Å². The predicted octanol–water partition coefficient (Wildman–Crippen LogP) is 2.93. The van der Waals surface area contributed by atoms with E-state index in [9.17, 15) is 0 Å². The van der Waals surface area contributed by atoms with E-state index >= 15 is 0 Å². The number of aliphatic imine (C=N–C) groups is 1. The first-order valence-corrected chi connectivity index (χ1v) is 4.41. The molecule has 1 N–H and O–H groups in total. The van der Waals surface area contributed by atoms with Gasteiger partial charge in [-0.15, -0.1) is 6.58 Å². The summed E-state index contributed by atoms with van der Waals surface area (Å²) in [5.41, 5.74) is 2.12. The average molecular weight is 193 g/mol. The van der Waals surface area contributed by atoms with E-state index in [0.717, 1.165) is 11.3 Å². The van der Waals surface area contributed by atoms with Crippen LogP contribution in [-0.2, 0) is 0 Å². The van der Waals surface area contributed by atoms with Crippen molar-refractivity contribution in [3.63, 3.8) is 0 Å². The second-order valence-electron chi connectivity index (χ2n) is 2.81. The van der Waals surface area contributed by atoms with Crippen molar-refractivity contribution in [3.8, 4) is 0 Å². The van der Waals surface area contributed by atoms with Crippen LogP contribution in [-0.4, -0.2) is 5.29 Å². The standard InChI is InChI=1S/C10H9ClN2/c1-2-8-7-5-3-4-6-9(7)13-10(11)12-8/h2-6,8H,1H2,(H,12,13). The predicted molar refractivity (Wildman–Crippen MR) is 56.3 cm³/mol. The van der Waals surface area contributed by atoms with Gasteiger partial charge in [-0.05, 0) is 17.7 Å². The number of benzene rings is 1. The van der Waals surface area contributed by atoms with Crippen LogP contribution in [0.3, 0.4) is 0 Å². The van der Waals surface area contributed by atoms with E-state index in [1.807, 2.05) is 24.3 Å². The fourth-order valence-corrected chi connectivity index (χ4v) is 1.59. The van der Waals surface area contributed by atoms with Gasteiger partial charge in [0, 0.05) is 11.3 Å². The average Bonchev–Trinajstić information content (AvgIpc) is 2.16. The summed E-state index contributed by atoms with van der Waals surface area (Å²) in [6, 6.07) is 7.91. The molecule has 1 atom stereocenters. The molecule has 3 heteroatoms. The van der Waals surface area contributed by atoms with Crippen molar-refractivity contribution >= 4 is 22.6 Å². The van der Waals surface area contributed by atoms with Gasteiger partial charge >= 0.3 is 0 Å². The summed E-state index contributed by atoms with van der Waals surface area (Å²) < 4.78 is 0. The number of nitrogens with zero attached hydrogens (tertiary/aromatic N) is 1. The van der Waals surface area contributed by atoms with E-state index in [0.29, 0.717) is 5.29 Å². The van der Waals surface area contributed by atoms with Crippen molar-refractivity contribution in [2.24, 2.45) is 4.99 Å². The molecule has 66 valence electrons. The molecule has 0 radical (unpaired) electrons. The number of rotatable bonds is 1. The van der Waals surface area contributed by atoms with Crippen molar-refractivity contribution < 1.29 is 0 Å². The Morgan fingerprint density at radius 2 is 2.23 bits per heavy atom. The lowest BCUT2D eigenvalue weighted by Crippen LogP contribution is -2.14. The lowest BCUT2D eigenvalue weighted by molar-refractivity contribution is 0.909. The van der Waals surface area contributed by atoms with Gasteiger partial charge in [0.2, 0.25) is 0 Å². The summed E-state index contributed by atoms with van der Waals surface area (Å²) in [5.74, 6) is 0. The van der Waals surface area contributed by atoms with Crippen molar-refractivity contribution in [2.75, 3.05) is 5.32 Å². The monoisotopic (exact) mass is 192 g/mol. The summed E-state index contributed by atoms with van der Waals surface area (Å²) in [6.45, 7) is 3.72. The van der Waals surface area contributed by atoms with Crippen molar-refractivity contribution in [2.45, 2.75) is 6.04 Å². The highest BCUT2D eigenvalue weighted by Gasteiger charge is 2.16. The first-order valence-electron chi connectivity index (χ1n) is 4.03. The van der Waals surface area contributed by atoms with Gasteiger partial charge in [-0.3, -0.25) is 0 Å². The Balaban J connectivity index is 2.50. The van der Waals surface area contributed by atoms with Crippen molar-refractivity contribution in [3.05, 3.63) is 42.5 Å². The number of halogens is 1. The quantitative estimate of drug-likeness (QED) is 0.537. The Morgan fingerprint density at radius 3 is 3.00 bits per heavy atom. The third-order valence-corrected chi connectivity index (χ3v) is 2.19. The number of nitrogens with one attached hydrogen (secondary N) is 1. The zero-order valence-electron chi connectivity index (χ0n) is 7.00. The number of hydrogen-bond donors (Lipinski definition) is 1. The maximum Gasteiger partial charge on any atom is 0.196 e. The van der Waals surface area contributed by atoms with E-state index in [-0.39, 0.29) is 6.04 Å². The smallest absolute Gasteiger partial charge is 0.196 e. The minimum atomic E-state index is -0.0232. The largest absolute Gasteiger partial charge is 0.330 e. The fourth-order valence-electron chi connectivity index (χ4n) is 1.38. The minimum Gasteiger partial charge on any atom is -0.330 e. The summed E-state index contributed by atoms with van der Waals surface area (Å²) in [6.07, 6.45) is 1.78. The lowest BCUT2D eigenvalue weighted by atomic mass is 10.0. The van der Waals surface area contributed by atoms with Crippen LogP contribution in [0.4, 0.5) is 5.69 Å². The topological polar surface area (TPSA) is 24.4 Å². The van der Waals surface area contributed by atoms with Gasteiger partial charge in [0.1, 0.15) is 0 Å². The first kappa shape index (κ1) is 8.32. The molecular formula is C10H9ClN2. The molecule has 2 rings (SSSR count). The van der Waals surface area contributed by atoms with E-state index in [1.165, 1.54) is 0 Å². The Labute approximate surface area is 81.9 Å². The van der Waals surface area contributed by atoms with Gasteiger partial charge in [0.15, 0.2) is 5.29 Å². The molecule has 1 heterocycles. The number of anilines is 1. The first-order chi connectivity index (χ1) is 6.31. The molecule has 1 aromatic carbocycles. The number of amidine groups is 1.